The molecule has 0 fully saturated rings. The Morgan fingerprint density at radius 1 is 0.213 bits per heavy atom. The van der Waals surface area contributed by atoms with Gasteiger partial charge in [0.2, 0.25) is 0 Å². The van der Waals surface area contributed by atoms with Crippen LogP contribution in [-0.4, -0.2) is 18.2 Å². The maximum absolute atomic E-state index is 5.78. The highest BCUT2D eigenvalue weighted by Crippen LogP contribution is 2.52. The van der Waals surface area contributed by atoms with E-state index in [1.807, 2.05) is 0 Å². The quantitative estimate of drug-likeness (QED) is 0.169. The van der Waals surface area contributed by atoms with Crippen molar-refractivity contribution >= 4 is 114 Å². The van der Waals surface area contributed by atoms with Gasteiger partial charge in [-0.05, 0) is 112 Å². The molecule has 0 aliphatic carbocycles. The molecule has 0 radical (unpaired) electrons. The van der Waals surface area contributed by atoms with Crippen LogP contribution in [0.15, 0.2) is 243 Å². The van der Waals surface area contributed by atoms with Crippen molar-refractivity contribution in [2.24, 2.45) is 0 Å². The molecule has 0 aliphatic rings. The lowest BCUT2D eigenvalue weighted by molar-refractivity contribution is 1.34. The molecule has 0 aliphatic heterocycles. The number of hydrogen-bond acceptors (Lipinski definition) is 1. The number of pyridine rings is 1. The highest BCUT2D eigenvalue weighted by Gasteiger charge is 2.30. The molecule has 7 aromatic heterocycles. The molecule has 0 unspecified atom stereocenters. The van der Waals surface area contributed by atoms with E-state index in [1.165, 1.54) is 143 Å². The van der Waals surface area contributed by atoms with E-state index in [4.69, 9.17) is 4.98 Å². The molecular weight excluding hydrogens is 909 g/mol. The average molecular weight is 949 g/mol. The summed E-state index contributed by atoms with van der Waals surface area (Å²) in [6.45, 7) is 0. The Labute approximate surface area is 428 Å². The molecule has 0 N–H and O–H groups in total. The van der Waals surface area contributed by atoms with Gasteiger partial charge in [0.25, 0.3) is 0 Å². The topological polar surface area (TPSA) is 26.1 Å². The van der Waals surface area contributed by atoms with Crippen molar-refractivity contribution in [2.45, 2.75) is 0 Å². The van der Waals surface area contributed by atoms with Crippen LogP contribution < -0.4 is 0 Å². The third-order valence-electron chi connectivity index (χ3n) is 16.8. The molecule has 344 valence electrons. The molecule has 4 nitrogen and oxygen atoms in total. The van der Waals surface area contributed by atoms with Gasteiger partial charge in [0, 0.05) is 70.4 Å². The normalized spacial score (nSPS) is 12.5. The second-order valence-electron chi connectivity index (χ2n) is 20.6. The van der Waals surface area contributed by atoms with Gasteiger partial charge < -0.3 is 13.2 Å². The first kappa shape index (κ1) is 39.6. The van der Waals surface area contributed by atoms with Crippen LogP contribution in [0.3, 0.4) is 0 Å². The van der Waals surface area contributed by atoms with E-state index >= 15 is 0 Å². The van der Waals surface area contributed by atoms with E-state index in [9.17, 15) is 0 Å². The Kier molecular flexibility index (Phi) is 7.57. The first-order valence-electron chi connectivity index (χ1n) is 25.9. The third-order valence-corrected chi connectivity index (χ3v) is 16.8. The Hall–Kier alpha value is -10.0. The molecule has 0 saturated heterocycles. The van der Waals surface area contributed by atoms with Gasteiger partial charge in [-0.2, -0.15) is 0 Å². The Bertz CT molecular complexity index is 5050. The van der Waals surface area contributed by atoms with Crippen LogP contribution in [0.2, 0.25) is 0 Å². The molecule has 7 heterocycles. The van der Waals surface area contributed by atoms with E-state index in [-0.39, 0.29) is 0 Å². The van der Waals surface area contributed by atoms with Gasteiger partial charge in [0.15, 0.2) is 0 Å². The lowest BCUT2D eigenvalue weighted by Gasteiger charge is -2.12. The van der Waals surface area contributed by atoms with Crippen molar-refractivity contribution in [3.05, 3.63) is 243 Å². The summed E-state index contributed by atoms with van der Waals surface area (Å²) in [5.74, 6) is 0. The van der Waals surface area contributed by atoms with E-state index in [1.54, 1.807) is 0 Å². The molecule has 18 aromatic rings. The fourth-order valence-electron chi connectivity index (χ4n) is 13.6. The van der Waals surface area contributed by atoms with Crippen LogP contribution >= 0.6 is 0 Å². The lowest BCUT2D eigenvalue weighted by atomic mass is 9.93. The number of rotatable bonds is 5. The molecular formula is C71H40N4. The van der Waals surface area contributed by atoms with Gasteiger partial charge in [-0.3, -0.25) is 0 Å². The van der Waals surface area contributed by atoms with Crippen LogP contribution in [-0.2, 0) is 0 Å². The summed E-state index contributed by atoms with van der Waals surface area (Å²) in [5.41, 5.74) is 23.5. The molecule has 0 saturated carbocycles. The first-order valence-corrected chi connectivity index (χ1v) is 25.9. The maximum Gasteiger partial charge on any atom is 0.0977 e. The van der Waals surface area contributed by atoms with Crippen molar-refractivity contribution < 1.29 is 0 Å². The standard InChI is InChI=1S/C71H40N4/c1-5-17-41(18-6-1)45-29-31-63-51(33-45)55-35-47(43-21-9-3-10-22-43)36-56-57-39-59-66-71-58(40-60(72-66)44-23-11-4-12-24-44)52-34-46(42-19-7-2-8-20-42)30-32-64(52)75(71)70(59)65(69(57)74(63)68(55)56)48-37-53-49-25-13-15-27-61(49)73-62-28-16-14-26-50(62)54(38-48)67(53)73/h1-40H. The summed E-state index contributed by atoms with van der Waals surface area (Å²) in [7, 11) is 0. The van der Waals surface area contributed by atoms with Crippen molar-refractivity contribution in [3.63, 3.8) is 0 Å². The monoisotopic (exact) mass is 948 g/mol. The van der Waals surface area contributed by atoms with Crippen LogP contribution in [0.4, 0.5) is 0 Å². The minimum Gasteiger partial charge on any atom is -0.308 e. The van der Waals surface area contributed by atoms with Crippen molar-refractivity contribution in [1.82, 2.24) is 18.2 Å². The highest BCUT2D eigenvalue weighted by atomic mass is 15.0. The minimum absolute atomic E-state index is 0.969. The minimum atomic E-state index is 0.969. The van der Waals surface area contributed by atoms with Gasteiger partial charge >= 0.3 is 0 Å². The molecule has 0 spiro atoms. The van der Waals surface area contributed by atoms with Crippen LogP contribution in [0.1, 0.15) is 0 Å². The molecule has 0 atom stereocenters. The zero-order chi connectivity index (χ0) is 48.6. The number of aromatic nitrogens is 4. The number of para-hydroxylation sites is 2. The van der Waals surface area contributed by atoms with E-state index < -0.39 is 0 Å². The van der Waals surface area contributed by atoms with E-state index in [2.05, 4.69) is 256 Å². The summed E-state index contributed by atoms with van der Waals surface area (Å²) >= 11 is 0. The number of hydrogen-bond donors (Lipinski definition) is 0. The predicted octanol–water partition coefficient (Wildman–Crippen LogP) is 18.9. The van der Waals surface area contributed by atoms with Gasteiger partial charge in [0.05, 0.1) is 60.9 Å². The molecule has 0 amide bonds. The smallest absolute Gasteiger partial charge is 0.0977 e. The fraction of sp³-hybridized carbons (Fsp3) is 0. The van der Waals surface area contributed by atoms with Crippen molar-refractivity contribution in [3.8, 4) is 55.8 Å². The lowest BCUT2D eigenvalue weighted by Crippen LogP contribution is -1.92. The SMILES string of the molecule is c1ccc(-c2ccc3c(c2)c2cc(-c4ccccc4)cc4c5cc6c7nc(-c8ccccc8)cc8c9cc(-c%10ccccc%10)ccc9n(c6c(-c6cc9c%10ccccc%10n%10c%11ccccc%11c(c6)c9%10)c5n3c24)c87)cc1. The van der Waals surface area contributed by atoms with Gasteiger partial charge in [-0.1, -0.05) is 170 Å². The van der Waals surface area contributed by atoms with Gasteiger partial charge in [0.1, 0.15) is 0 Å². The molecule has 0 bridgehead atoms. The first-order chi connectivity index (χ1) is 37.2. The number of nitrogens with zero attached hydrogens (tertiary/aromatic N) is 4. The fourth-order valence-corrected chi connectivity index (χ4v) is 13.6. The van der Waals surface area contributed by atoms with Crippen molar-refractivity contribution in [1.29, 1.82) is 0 Å². The largest absolute Gasteiger partial charge is 0.308 e. The zero-order valence-electron chi connectivity index (χ0n) is 40.4. The Morgan fingerprint density at radius 3 is 1.17 bits per heavy atom. The predicted molar refractivity (Wildman–Crippen MR) is 315 cm³/mol. The van der Waals surface area contributed by atoms with Crippen molar-refractivity contribution in [2.75, 3.05) is 0 Å². The number of benzene rings is 11. The summed E-state index contributed by atoms with van der Waals surface area (Å²) in [5, 5.41) is 13.5. The van der Waals surface area contributed by atoms with Gasteiger partial charge in [-0.15, -0.1) is 0 Å². The summed E-state index contributed by atoms with van der Waals surface area (Å²) < 4.78 is 7.69. The molecule has 11 aromatic carbocycles. The molecule has 75 heavy (non-hydrogen) atoms. The second-order valence-corrected chi connectivity index (χ2v) is 20.6. The summed E-state index contributed by atoms with van der Waals surface area (Å²) in [6.07, 6.45) is 0. The van der Waals surface area contributed by atoms with Crippen LogP contribution in [0, 0.1) is 0 Å². The van der Waals surface area contributed by atoms with E-state index in [0.717, 1.165) is 27.7 Å². The summed E-state index contributed by atoms with van der Waals surface area (Å²) in [6, 6.07) is 90.1. The van der Waals surface area contributed by atoms with Crippen LogP contribution in [0.25, 0.3) is 170 Å². The third kappa shape index (κ3) is 5.17. The highest BCUT2D eigenvalue weighted by molar-refractivity contribution is 6.34. The molecule has 18 rings (SSSR count). The Morgan fingerprint density at radius 2 is 0.600 bits per heavy atom. The van der Waals surface area contributed by atoms with E-state index in [0.29, 0.717) is 0 Å². The Balaban J connectivity index is 1.09. The average Bonchev–Trinajstić information content (AvgIpc) is 4.42. The van der Waals surface area contributed by atoms with Gasteiger partial charge in [-0.25, -0.2) is 4.98 Å². The summed E-state index contributed by atoms with van der Waals surface area (Å²) in [4.78, 5) is 5.78. The number of fused-ring (bicyclic) bond motifs is 18. The molecule has 4 heteroatoms. The second kappa shape index (κ2) is 14.3. The maximum atomic E-state index is 5.78. The van der Waals surface area contributed by atoms with Crippen LogP contribution in [0.5, 0.6) is 0 Å². The zero-order valence-corrected chi connectivity index (χ0v) is 40.4.